The molecule has 4 aromatic heterocycles. The number of hydrogen-bond donors (Lipinski definition) is 3. The fourth-order valence-electron chi connectivity index (χ4n) is 6.91. The van der Waals surface area contributed by atoms with E-state index in [4.69, 9.17) is 25.2 Å². The number of nitrogens with one attached hydrogen (secondary N) is 2. The highest BCUT2D eigenvalue weighted by Crippen LogP contribution is 2.34. The molecule has 4 N–H and O–H groups in total. The van der Waals surface area contributed by atoms with Crippen molar-refractivity contribution in [3.8, 4) is 0 Å². The van der Waals surface area contributed by atoms with E-state index < -0.39 is 35.7 Å². The fourth-order valence-corrected chi connectivity index (χ4v) is 6.91. The molecule has 1 aliphatic heterocycles. The van der Waals surface area contributed by atoms with Crippen LogP contribution in [0, 0.1) is 13.8 Å². The highest BCUT2D eigenvalue weighted by molar-refractivity contribution is 6.04. The fraction of sp³-hybridized carbons (Fsp3) is 0.351. The molecule has 0 spiro atoms. The minimum absolute atomic E-state index is 0.167. The number of aromatic nitrogens is 8. The third-order valence-electron chi connectivity index (χ3n) is 9.27. The Bertz CT molecular complexity index is 2450. The molecule has 5 heterocycles. The second kappa shape index (κ2) is 14.0. The molecule has 280 valence electrons. The number of hydrogen-bond acceptors (Lipinski definition) is 10. The van der Waals surface area contributed by atoms with Gasteiger partial charge in [0.15, 0.2) is 5.79 Å². The summed E-state index contributed by atoms with van der Waals surface area (Å²) in [6, 6.07) is 13.4. The van der Waals surface area contributed by atoms with E-state index in [0.717, 1.165) is 6.29 Å². The normalized spacial score (nSPS) is 16.6. The molecule has 7 rings (SSSR count). The summed E-state index contributed by atoms with van der Waals surface area (Å²) in [5, 5.41) is 14.7. The van der Waals surface area contributed by atoms with Crippen molar-refractivity contribution in [3.05, 3.63) is 82.4 Å². The molecule has 1 saturated heterocycles. The molecule has 0 saturated carbocycles. The average molecular weight is 736 g/mol. The largest absolute Gasteiger partial charge is 0.366 e. The van der Waals surface area contributed by atoms with Crippen LogP contribution in [0.15, 0.2) is 48.5 Å². The molecule has 0 radical (unpaired) electrons. The lowest BCUT2D eigenvalue weighted by molar-refractivity contribution is -0.148. The second-order valence-corrected chi connectivity index (χ2v) is 13.6. The Balaban J connectivity index is 1.26. The number of aldehydes is 1. The van der Waals surface area contributed by atoms with E-state index in [9.17, 15) is 19.2 Å². The van der Waals surface area contributed by atoms with Crippen molar-refractivity contribution in [1.29, 1.82) is 0 Å². The summed E-state index contributed by atoms with van der Waals surface area (Å²) in [5.74, 6) is -1.98. The third-order valence-corrected chi connectivity index (χ3v) is 9.27. The molecule has 0 aliphatic carbocycles. The molecular formula is C37H41N11O6. The number of nitrogens with two attached hydrogens (primary N) is 1. The zero-order valence-corrected chi connectivity index (χ0v) is 30.8. The molecular weight excluding hydrogens is 694 g/mol. The number of primary amides is 1. The maximum absolute atomic E-state index is 13.6. The number of benzene rings is 2. The zero-order valence-electron chi connectivity index (χ0n) is 30.8. The van der Waals surface area contributed by atoms with Gasteiger partial charge in [-0.15, -0.1) is 0 Å². The number of nitrogens with zero attached hydrogens (tertiary/aromatic N) is 8. The van der Waals surface area contributed by atoms with Gasteiger partial charge in [-0.2, -0.15) is 10.2 Å². The molecule has 54 heavy (non-hydrogen) atoms. The Kier molecular flexibility index (Phi) is 9.36. The van der Waals surface area contributed by atoms with Gasteiger partial charge in [0.2, 0.25) is 17.8 Å². The minimum atomic E-state index is -1.02. The number of anilines is 2. The van der Waals surface area contributed by atoms with Crippen LogP contribution in [0.5, 0.6) is 0 Å². The lowest BCUT2D eigenvalue weighted by atomic mass is 10.1. The molecule has 1 unspecified atom stereocenters. The summed E-state index contributed by atoms with van der Waals surface area (Å²) in [4.78, 5) is 60.4. The Morgan fingerprint density at radius 3 is 1.72 bits per heavy atom. The first-order valence-corrected chi connectivity index (χ1v) is 17.6. The molecule has 2 aromatic carbocycles. The van der Waals surface area contributed by atoms with Gasteiger partial charge in [-0.25, -0.2) is 9.97 Å². The number of aryl methyl sites for hydroxylation is 4. The first kappa shape index (κ1) is 36.2. The first-order valence-electron chi connectivity index (χ1n) is 17.6. The maximum atomic E-state index is 13.6. The van der Waals surface area contributed by atoms with Crippen molar-refractivity contribution in [1.82, 2.24) is 38.7 Å². The summed E-state index contributed by atoms with van der Waals surface area (Å²) in [5.41, 5.74) is 10.6. The predicted octanol–water partition coefficient (Wildman–Crippen LogP) is 4.07. The smallest absolute Gasteiger partial charge is 0.276 e. The number of imidazole rings is 2. The van der Waals surface area contributed by atoms with Crippen LogP contribution in [0.4, 0.5) is 11.9 Å². The van der Waals surface area contributed by atoms with Crippen molar-refractivity contribution in [2.75, 3.05) is 10.6 Å². The van der Waals surface area contributed by atoms with E-state index in [1.807, 2.05) is 32.3 Å². The van der Waals surface area contributed by atoms with Crippen LogP contribution >= 0.6 is 0 Å². The number of carbonyl (C=O) groups excluding carboxylic acids is 4. The summed E-state index contributed by atoms with van der Waals surface area (Å²) < 4.78 is 19.9. The molecule has 6 aromatic rings. The van der Waals surface area contributed by atoms with Gasteiger partial charge in [-0.05, 0) is 90.1 Å². The van der Waals surface area contributed by atoms with Gasteiger partial charge >= 0.3 is 0 Å². The van der Waals surface area contributed by atoms with E-state index in [-0.39, 0.29) is 30.5 Å². The van der Waals surface area contributed by atoms with E-state index >= 15 is 0 Å². The van der Waals surface area contributed by atoms with Crippen LogP contribution in [0.25, 0.3) is 22.1 Å². The molecule has 1 aliphatic rings. The highest BCUT2D eigenvalue weighted by Gasteiger charge is 2.43. The van der Waals surface area contributed by atoms with Crippen molar-refractivity contribution in [2.45, 2.75) is 85.7 Å². The van der Waals surface area contributed by atoms with Crippen LogP contribution in [0.3, 0.4) is 0 Å². The number of amides is 3. The van der Waals surface area contributed by atoms with E-state index in [1.54, 1.807) is 76.3 Å². The topological polar surface area (TPSA) is 208 Å². The zero-order chi connectivity index (χ0) is 38.5. The number of rotatable bonds is 12. The molecule has 1 fully saturated rings. The third kappa shape index (κ3) is 6.85. The van der Waals surface area contributed by atoms with E-state index in [0.29, 0.717) is 63.5 Å². The lowest BCUT2D eigenvalue weighted by Gasteiger charge is -2.21. The van der Waals surface area contributed by atoms with Crippen LogP contribution in [-0.2, 0) is 35.7 Å². The number of fused-ring (bicyclic) bond motifs is 2. The van der Waals surface area contributed by atoms with Gasteiger partial charge in [0.1, 0.15) is 29.9 Å². The second-order valence-electron chi connectivity index (χ2n) is 13.6. The number of carbonyl (C=O) groups is 4. The summed E-state index contributed by atoms with van der Waals surface area (Å²) in [7, 11) is 0. The van der Waals surface area contributed by atoms with Crippen molar-refractivity contribution in [3.63, 3.8) is 0 Å². The number of ether oxygens (including phenoxy) is 2. The Labute approximate surface area is 309 Å². The monoisotopic (exact) mass is 735 g/mol. The van der Waals surface area contributed by atoms with E-state index in [1.165, 1.54) is 0 Å². The van der Waals surface area contributed by atoms with Gasteiger partial charge in [0, 0.05) is 24.2 Å². The van der Waals surface area contributed by atoms with Crippen molar-refractivity contribution in [2.24, 2.45) is 5.73 Å². The van der Waals surface area contributed by atoms with Crippen molar-refractivity contribution >= 4 is 58.0 Å². The first-order chi connectivity index (χ1) is 25.8. The van der Waals surface area contributed by atoms with Crippen LogP contribution in [0.1, 0.15) is 80.8 Å². The Hall–Kier alpha value is -6.20. The molecule has 0 bridgehead atoms. The van der Waals surface area contributed by atoms with E-state index in [2.05, 4.69) is 20.8 Å². The van der Waals surface area contributed by atoms with Gasteiger partial charge in [0.25, 0.3) is 11.8 Å². The van der Waals surface area contributed by atoms with Crippen LogP contribution in [0.2, 0.25) is 0 Å². The summed E-state index contributed by atoms with van der Waals surface area (Å²) in [6.07, 6.45) is -0.495. The quantitative estimate of drug-likeness (QED) is 0.154. The molecule has 17 heteroatoms. The summed E-state index contributed by atoms with van der Waals surface area (Å²) in [6.45, 7) is 12.4. The van der Waals surface area contributed by atoms with Gasteiger partial charge < -0.3 is 24.3 Å². The van der Waals surface area contributed by atoms with Gasteiger partial charge in [-0.1, -0.05) is 0 Å². The van der Waals surface area contributed by atoms with Crippen molar-refractivity contribution < 1.29 is 28.7 Å². The highest BCUT2D eigenvalue weighted by atomic mass is 16.8. The SMILES string of the molecule is CCn1nc(C)cc1C(=O)Nc1nc2cc(C(N)=O)ccc2n1CC1OC(C)(C)O[C@@H]1Cn1c(NC(=O)c2cc(C)nn2CC)nc2cc(C=O)ccc21. The molecule has 17 nitrogen and oxygen atoms in total. The van der Waals surface area contributed by atoms with Crippen LogP contribution < -0.4 is 16.4 Å². The lowest BCUT2D eigenvalue weighted by Crippen LogP contribution is -2.33. The average Bonchev–Trinajstić information content (AvgIpc) is 3.93. The van der Waals surface area contributed by atoms with Gasteiger partial charge in [0.05, 0.1) is 46.5 Å². The van der Waals surface area contributed by atoms with Crippen LogP contribution in [-0.4, -0.2) is 80.7 Å². The van der Waals surface area contributed by atoms with Gasteiger partial charge in [-0.3, -0.25) is 39.2 Å². The Morgan fingerprint density at radius 2 is 1.26 bits per heavy atom. The molecule has 2 atom stereocenters. The molecule has 3 amide bonds. The summed E-state index contributed by atoms with van der Waals surface area (Å²) >= 11 is 0. The predicted molar refractivity (Wildman–Crippen MR) is 198 cm³/mol. The maximum Gasteiger partial charge on any atom is 0.276 e. The minimum Gasteiger partial charge on any atom is -0.366 e. The Morgan fingerprint density at radius 1 is 0.778 bits per heavy atom. The standard InChI is InChI=1S/C37H41N11O6/c1-7-47-28(13-20(3)43-47)33(51)41-35-39-24-15-22(19-49)9-11-26(24)45(35)17-30-31(54-37(5,6)53-30)18-46-27-12-10-23(32(38)50)16-25(27)40-36(46)42-34(52)29-14-21(4)44-48(29)8-2/h9-16,19,30-31H,7-8,17-18H2,1-6H3,(H2,38,50)(H,39,41,51)(H,40,42,52)/t30-,31?/m1/s1.